The largest absolute Gasteiger partial charge is 0.740 e. The smallest absolute Gasteiger partial charge is 0.139 e. The molecule has 17 heavy (non-hydrogen) atoms. The SMILES string of the molecule is C=CCc1cccc2ccc(OS(=O)[O-])cc12. The van der Waals surface area contributed by atoms with Crippen molar-refractivity contribution in [3.63, 3.8) is 0 Å². The van der Waals surface area contributed by atoms with Crippen molar-refractivity contribution in [2.45, 2.75) is 6.42 Å². The summed E-state index contributed by atoms with van der Waals surface area (Å²) < 4.78 is 25.6. The lowest BCUT2D eigenvalue weighted by atomic mass is 10.0. The first kappa shape index (κ1) is 11.8. The Labute approximate surface area is 102 Å². The van der Waals surface area contributed by atoms with Crippen LogP contribution in [0.25, 0.3) is 10.8 Å². The van der Waals surface area contributed by atoms with Gasteiger partial charge in [0.25, 0.3) is 0 Å². The second-order valence-electron chi connectivity index (χ2n) is 3.58. The summed E-state index contributed by atoms with van der Waals surface area (Å²) in [4.78, 5) is 0. The molecule has 0 aliphatic heterocycles. The average molecular weight is 247 g/mol. The zero-order valence-electron chi connectivity index (χ0n) is 9.09. The molecule has 0 saturated heterocycles. The topological polar surface area (TPSA) is 49.4 Å². The minimum Gasteiger partial charge on any atom is -0.740 e. The highest BCUT2D eigenvalue weighted by Gasteiger charge is 2.02. The van der Waals surface area contributed by atoms with Gasteiger partial charge in [0.1, 0.15) is 17.1 Å². The Kier molecular flexibility index (Phi) is 3.56. The van der Waals surface area contributed by atoms with Crippen LogP contribution in [-0.2, 0) is 17.8 Å². The Hall–Kier alpha value is -1.65. The highest BCUT2D eigenvalue weighted by atomic mass is 32.2. The molecule has 0 N–H and O–H groups in total. The highest BCUT2D eigenvalue weighted by Crippen LogP contribution is 2.25. The molecule has 2 aromatic rings. The van der Waals surface area contributed by atoms with Gasteiger partial charge in [0.2, 0.25) is 0 Å². The maximum atomic E-state index is 10.5. The molecule has 0 heterocycles. The maximum absolute atomic E-state index is 10.5. The van der Waals surface area contributed by atoms with Gasteiger partial charge in [0.15, 0.2) is 0 Å². The number of fused-ring (bicyclic) bond motifs is 1. The maximum Gasteiger partial charge on any atom is 0.139 e. The first-order valence-electron chi connectivity index (χ1n) is 5.11. The van der Waals surface area contributed by atoms with E-state index < -0.39 is 11.4 Å². The minimum absolute atomic E-state index is 0.322. The van der Waals surface area contributed by atoms with Crippen molar-refractivity contribution in [3.05, 3.63) is 54.6 Å². The first-order valence-corrected chi connectivity index (χ1v) is 6.11. The van der Waals surface area contributed by atoms with Gasteiger partial charge in [-0.2, -0.15) is 0 Å². The fourth-order valence-corrected chi connectivity index (χ4v) is 2.04. The lowest BCUT2D eigenvalue weighted by molar-refractivity contribution is 0.440. The third kappa shape index (κ3) is 2.72. The molecule has 0 bridgehead atoms. The molecular weight excluding hydrogens is 236 g/mol. The van der Waals surface area contributed by atoms with Crippen molar-refractivity contribution in [2.24, 2.45) is 0 Å². The van der Waals surface area contributed by atoms with Crippen LogP contribution in [0.4, 0.5) is 0 Å². The van der Waals surface area contributed by atoms with E-state index in [-0.39, 0.29) is 0 Å². The second kappa shape index (κ2) is 5.12. The van der Waals surface area contributed by atoms with Crippen LogP contribution < -0.4 is 4.18 Å². The van der Waals surface area contributed by atoms with Gasteiger partial charge in [0.05, 0.1) is 0 Å². The molecule has 1 atom stereocenters. The van der Waals surface area contributed by atoms with Crippen LogP contribution in [0, 0.1) is 0 Å². The van der Waals surface area contributed by atoms with Crippen molar-refractivity contribution in [1.29, 1.82) is 0 Å². The predicted octanol–water partition coefficient (Wildman–Crippen LogP) is 2.74. The summed E-state index contributed by atoms with van der Waals surface area (Å²) in [6.07, 6.45) is 2.55. The molecule has 4 heteroatoms. The van der Waals surface area contributed by atoms with E-state index in [0.29, 0.717) is 5.75 Å². The summed E-state index contributed by atoms with van der Waals surface area (Å²) in [6.45, 7) is 3.70. The van der Waals surface area contributed by atoms with Gasteiger partial charge in [0, 0.05) is 0 Å². The minimum atomic E-state index is -2.54. The van der Waals surface area contributed by atoms with E-state index in [2.05, 4.69) is 10.8 Å². The van der Waals surface area contributed by atoms with E-state index in [1.807, 2.05) is 30.3 Å². The van der Waals surface area contributed by atoms with E-state index in [1.165, 1.54) is 0 Å². The molecule has 1 unspecified atom stereocenters. The van der Waals surface area contributed by atoms with Gasteiger partial charge in [-0.05, 0) is 34.9 Å². The molecule has 0 aliphatic carbocycles. The Morgan fingerprint density at radius 3 is 2.88 bits per heavy atom. The molecule has 0 fully saturated rings. The molecule has 0 spiro atoms. The van der Waals surface area contributed by atoms with Crippen LogP contribution in [0.2, 0.25) is 0 Å². The van der Waals surface area contributed by atoms with E-state index in [4.69, 9.17) is 0 Å². The third-order valence-corrected chi connectivity index (χ3v) is 2.80. The Balaban J connectivity index is 2.52. The van der Waals surface area contributed by atoms with Gasteiger partial charge in [-0.1, -0.05) is 30.3 Å². The van der Waals surface area contributed by atoms with Crippen LogP contribution in [0.1, 0.15) is 5.56 Å². The molecule has 0 amide bonds. The number of hydrogen-bond donors (Lipinski definition) is 0. The highest BCUT2D eigenvalue weighted by molar-refractivity contribution is 7.74. The van der Waals surface area contributed by atoms with Gasteiger partial charge in [-0.15, -0.1) is 6.58 Å². The first-order chi connectivity index (χ1) is 8.20. The summed E-state index contributed by atoms with van der Waals surface area (Å²) >= 11 is -2.54. The zero-order valence-corrected chi connectivity index (χ0v) is 9.91. The van der Waals surface area contributed by atoms with Gasteiger partial charge < -0.3 is 8.74 Å². The van der Waals surface area contributed by atoms with Gasteiger partial charge >= 0.3 is 0 Å². The van der Waals surface area contributed by atoms with Gasteiger partial charge in [-0.3, -0.25) is 0 Å². The zero-order chi connectivity index (χ0) is 12.3. The van der Waals surface area contributed by atoms with E-state index >= 15 is 0 Å². The number of rotatable bonds is 4. The van der Waals surface area contributed by atoms with Crippen molar-refractivity contribution in [1.82, 2.24) is 0 Å². The lowest BCUT2D eigenvalue weighted by Gasteiger charge is -2.09. The molecule has 2 aromatic carbocycles. The van der Waals surface area contributed by atoms with Gasteiger partial charge in [-0.25, -0.2) is 4.21 Å². The lowest BCUT2D eigenvalue weighted by Crippen LogP contribution is -1.97. The molecule has 0 aromatic heterocycles. The molecule has 3 nitrogen and oxygen atoms in total. The summed E-state index contributed by atoms with van der Waals surface area (Å²) in [5.41, 5.74) is 1.10. The summed E-state index contributed by atoms with van der Waals surface area (Å²) in [7, 11) is 0. The Bertz CT molecular complexity index is 578. The third-order valence-electron chi connectivity index (χ3n) is 2.47. The van der Waals surface area contributed by atoms with Crippen LogP contribution >= 0.6 is 0 Å². The molecular formula is C13H11O3S-. The van der Waals surface area contributed by atoms with E-state index in [1.54, 1.807) is 12.1 Å². The van der Waals surface area contributed by atoms with Crippen molar-refractivity contribution in [2.75, 3.05) is 0 Å². The molecule has 2 rings (SSSR count). The molecule has 88 valence electrons. The summed E-state index contributed by atoms with van der Waals surface area (Å²) in [5, 5.41) is 2.03. The normalized spacial score (nSPS) is 12.3. The Morgan fingerprint density at radius 1 is 1.35 bits per heavy atom. The van der Waals surface area contributed by atoms with Crippen molar-refractivity contribution < 1.29 is 12.9 Å². The molecule has 0 aliphatic rings. The Morgan fingerprint density at radius 2 is 2.18 bits per heavy atom. The monoisotopic (exact) mass is 247 g/mol. The van der Waals surface area contributed by atoms with E-state index in [0.717, 1.165) is 22.8 Å². The average Bonchev–Trinajstić information content (AvgIpc) is 2.29. The predicted molar refractivity (Wildman–Crippen MR) is 67.4 cm³/mol. The molecule has 0 saturated carbocycles. The fourth-order valence-electron chi connectivity index (χ4n) is 1.78. The van der Waals surface area contributed by atoms with Crippen LogP contribution in [-0.4, -0.2) is 8.76 Å². The number of benzene rings is 2. The van der Waals surface area contributed by atoms with E-state index in [9.17, 15) is 8.76 Å². The summed E-state index contributed by atoms with van der Waals surface area (Å²) in [6, 6.07) is 11.1. The van der Waals surface area contributed by atoms with Crippen molar-refractivity contribution >= 4 is 22.1 Å². The van der Waals surface area contributed by atoms with Crippen LogP contribution in [0.15, 0.2) is 49.1 Å². The van der Waals surface area contributed by atoms with Crippen LogP contribution in [0.5, 0.6) is 5.75 Å². The van der Waals surface area contributed by atoms with Crippen LogP contribution in [0.3, 0.4) is 0 Å². The second-order valence-corrected chi connectivity index (χ2v) is 4.16. The fraction of sp³-hybridized carbons (Fsp3) is 0.0769. The van der Waals surface area contributed by atoms with Crippen molar-refractivity contribution in [3.8, 4) is 5.75 Å². The quantitative estimate of drug-likeness (QED) is 0.616. The standard InChI is InChI=1S/C13H12O3S/c1-2-4-10-5-3-6-11-7-8-12(9-13(10)11)16-17(14)15/h2-3,5-9H,1,4H2,(H,14,15)/p-1. The number of hydrogen-bond acceptors (Lipinski definition) is 3. The summed E-state index contributed by atoms with van der Waals surface area (Å²) in [5.74, 6) is 0.322. The molecule has 0 radical (unpaired) electrons. The number of allylic oxidation sites excluding steroid dienone is 1.